The molecule has 1 aliphatic carbocycles. The van der Waals surface area contributed by atoms with Gasteiger partial charge in [-0.2, -0.15) is 0 Å². The van der Waals surface area contributed by atoms with Crippen LogP contribution in [0.5, 0.6) is 5.75 Å². The standard InChI is InChI=1S/C18H28BrNO/c1-4-18(11-7-8-12-18)17(20-5-2)15-10-9-14(21-6-3)13-16(15)19/h9-10,13,17,20H,4-8,11-12H2,1-3H3. The summed E-state index contributed by atoms with van der Waals surface area (Å²) in [6, 6.07) is 6.88. The van der Waals surface area contributed by atoms with Gasteiger partial charge in [0.1, 0.15) is 5.75 Å². The van der Waals surface area contributed by atoms with Crippen molar-refractivity contribution in [2.75, 3.05) is 13.2 Å². The Balaban J connectivity index is 2.33. The zero-order valence-corrected chi connectivity index (χ0v) is 15.1. The Morgan fingerprint density at radius 2 is 1.95 bits per heavy atom. The van der Waals surface area contributed by atoms with E-state index in [-0.39, 0.29) is 0 Å². The van der Waals surface area contributed by atoms with E-state index in [1.807, 2.05) is 6.92 Å². The number of benzene rings is 1. The van der Waals surface area contributed by atoms with Crippen molar-refractivity contribution in [1.82, 2.24) is 5.32 Å². The smallest absolute Gasteiger partial charge is 0.120 e. The number of hydrogen-bond acceptors (Lipinski definition) is 2. The van der Waals surface area contributed by atoms with Gasteiger partial charge in [0.05, 0.1) is 6.61 Å². The van der Waals surface area contributed by atoms with Gasteiger partial charge in [-0.25, -0.2) is 0 Å². The van der Waals surface area contributed by atoms with Crippen LogP contribution in [0.1, 0.15) is 64.5 Å². The largest absolute Gasteiger partial charge is 0.494 e. The van der Waals surface area contributed by atoms with Crippen LogP contribution in [0.15, 0.2) is 22.7 Å². The van der Waals surface area contributed by atoms with Gasteiger partial charge in [-0.05, 0) is 55.8 Å². The SMILES string of the molecule is CCNC(c1ccc(OCC)cc1Br)C1(CC)CCCC1. The molecule has 118 valence electrons. The van der Waals surface area contributed by atoms with Crippen molar-refractivity contribution in [2.24, 2.45) is 5.41 Å². The van der Waals surface area contributed by atoms with Gasteiger partial charge in [-0.1, -0.05) is 48.7 Å². The summed E-state index contributed by atoms with van der Waals surface area (Å²) >= 11 is 3.77. The average Bonchev–Trinajstić information content (AvgIpc) is 2.96. The van der Waals surface area contributed by atoms with Gasteiger partial charge >= 0.3 is 0 Å². The molecular formula is C18H28BrNO. The Morgan fingerprint density at radius 3 is 2.48 bits per heavy atom. The molecule has 0 amide bonds. The summed E-state index contributed by atoms with van der Waals surface area (Å²) in [6.45, 7) is 8.28. The summed E-state index contributed by atoms with van der Waals surface area (Å²) in [5.74, 6) is 0.945. The second-order valence-corrected chi connectivity index (χ2v) is 6.88. The first-order valence-electron chi connectivity index (χ1n) is 8.32. The number of hydrogen-bond donors (Lipinski definition) is 1. The minimum absolute atomic E-state index is 0.408. The first kappa shape index (κ1) is 16.8. The normalized spacial score (nSPS) is 18.7. The summed E-state index contributed by atoms with van der Waals surface area (Å²) in [5, 5.41) is 3.75. The van der Waals surface area contributed by atoms with E-state index in [0.717, 1.165) is 12.3 Å². The van der Waals surface area contributed by atoms with Crippen LogP contribution < -0.4 is 10.1 Å². The molecule has 1 aromatic rings. The molecule has 2 rings (SSSR count). The minimum Gasteiger partial charge on any atom is -0.494 e. The van der Waals surface area contributed by atoms with Gasteiger partial charge in [-0.15, -0.1) is 0 Å². The molecule has 1 atom stereocenters. The maximum Gasteiger partial charge on any atom is 0.120 e. The van der Waals surface area contributed by atoms with Crippen molar-refractivity contribution in [3.05, 3.63) is 28.2 Å². The third-order valence-electron chi connectivity index (χ3n) is 4.92. The number of ether oxygens (including phenoxy) is 1. The fourth-order valence-electron chi connectivity index (χ4n) is 3.78. The highest BCUT2D eigenvalue weighted by Crippen LogP contribution is 2.51. The van der Waals surface area contributed by atoms with E-state index in [4.69, 9.17) is 4.74 Å². The second-order valence-electron chi connectivity index (χ2n) is 6.03. The Labute approximate surface area is 137 Å². The van der Waals surface area contributed by atoms with Crippen molar-refractivity contribution >= 4 is 15.9 Å². The Kier molecular flexibility index (Phi) is 6.12. The van der Waals surface area contributed by atoms with Crippen LogP contribution in [-0.4, -0.2) is 13.2 Å². The number of rotatable bonds is 7. The average molecular weight is 354 g/mol. The van der Waals surface area contributed by atoms with E-state index in [2.05, 4.69) is 53.3 Å². The molecule has 0 aliphatic heterocycles. The monoisotopic (exact) mass is 353 g/mol. The predicted octanol–water partition coefficient (Wildman–Crippen LogP) is 5.47. The number of halogens is 1. The number of nitrogens with one attached hydrogen (secondary N) is 1. The van der Waals surface area contributed by atoms with E-state index >= 15 is 0 Å². The first-order valence-corrected chi connectivity index (χ1v) is 9.11. The van der Waals surface area contributed by atoms with E-state index in [1.165, 1.54) is 42.1 Å². The fourth-order valence-corrected chi connectivity index (χ4v) is 4.37. The van der Waals surface area contributed by atoms with E-state index < -0.39 is 0 Å². The second kappa shape index (κ2) is 7.64. The molecule has 0 heterocycles. The lowest BCUT2D eigenvalue weighted by Crippen LogP contribution is -2.36. The zero-order valence-electron chi connectivity index (χ0n) is 13.5. The molecule has 1 aromatic carbocycles. The minimum atomic E-state index is 0.408. The Morgan fingerprint density at radius 1 is 1.24 bits per heavy atom. The fraction of sp³-hybridized carbons (Fsp3) is 0.667. The molecule has 0 bridgehead atoms. The third kappa shape index (κ3) is 3.62. The molecule has 1 unspecified atom stereocenters. The topological polar surface area (TPSA) is 21.3 Å². The molecule has 1 fully saturated rings. The highest BCUT2D eigenvalue weighted by molar-refractivity contribution is 9.10. The molecule has 21 heavy (non-hydrogen) atoms. The predicted molar refractivity (Wildman–Crippen MR) is 92.9 cm³/mol. The molecule has 0 saturated heterocycles. The van der Waals surface area contributed by atoms with Crippen molar-refractivity contribution in [3.63, 3.8) is 0 Å². The van der Waals surface area contributed by atoms with Crippen LogP contribution in [0.25, 0.3) is 0 Å². The molecule has 0 radical (unpaired) electrons. The highest BCUT2D eigenvalue weighted by Gasteiger charge is 2.40. The Hall–Kier alpha value is -0.540. The van der Waals surface area contributed by atoms with Crippen LogP contribution in [0.2, 0.25) is 0 Å². The van der Waals surface area contributed by atoms with Gasteiger partial charge < -0.3 is 10.1 Å². The quantitative estimate of drug-likeness (QED) is 0.701. The molecule has 1 N–H and O–H groups in total. The highest BCUT2D eigenvalue weighted by atomic mass is 79.9. The molecule has 0 spiro atoms. The van der Waals surface area contributed by atoms with Crippen molar-refractivity contribution in [2.45, 2.75) is 58.9 Å². The van der Waals surface area contributed by atoms with Gasteiger partial charge in [0.15, 0.2) is 0 Å². The van der Waals surface area contributed by atoms with Gasteiger partial charge in [0.2, 0.25) is 0 Å². The summed E-state index contributed by atoms with van der Waals surface area (Å²) in [5.41, 5.74) is 1.79. The van der Waals surface area contributed by atoms with Crippen molar-refractivity contribution in [1.29, 1.82) is 0 Å². The lowest BCUT2D eigenvalue weighted by molar-refractivity contribution is 0.188. The lowest BCUT2D eigenvalue weighted by atomic mass is 9.73. The van der Waals surface area contributed by atoms with Crippen LogP contribution in [0, 0.1) is 5.41 Å². The van der Waals surface area contributed by atoms with Gasteiger partial charge in [-0.3, -0.25) is 0 Å². The maximum absolute atomic E-state index is 5.61. The van der Waals surface area contributed by atoms with Crippen LogP contribution >= 0.6 is 15.9 Å². The van der Waals surface area contributed by atoms with Gasteiger partial charge in [0, 0.05) is 10.5 Å². The summed E-state index contributed by atoms with van der Waals surface area (Å²) in [4.78, 5) is 0. The van der Waals surface area contributed by atoms with E-state index in [1.54, 1.807) is 0 Å². The molecule has 3 heteroatoms. The van der Waals surface area contributed by atoms with Crippen LogP contribution in [0.3, 0.4) is 0 Å². The Bertz CT molecular complexity index is 455. The third-order valence-corrected chi connectivity index (χ3v) is 5.60. The van der Waals surface area contributed by atoms with Crippen LogP contribution in [0.4, 0.5) is 0 Å². The first-order chi connectivity index (χ1) is 10.2. The van der Waals surface area contributed by atoms with E-state index in [9.17, 15) is 0 Å². The molecule has 2 nitrogen and oxygen atoms in total. The molecule has 0 aromatic heterocycles. The lowest BCUT2D eigenvalue weighted by Gasteiger charge is -2.38. The molecule has 1 aliphatic rings. The molecule has 1 saturated carbocycles. The zero-order chi connectivity index (χ0) is 15.3. The van der Waals surface area contributed by atoms with Crippen molar-refractivity contribution < 1.29 is 4.74 Å². The maximum atomic E-state index is 5.61. The van der Waals surface area contributed by atoms with Gasteiger partial charge in [0.25, 0.3) is 0 Å². The summed E-state index contributed by atoms with van der Waals surface area (Å²) in [6.07, 6.45) is 6.64. The van der Waals surface area contributed by atoms with Crippen molar-refractivity contribution in [3.8, 4) is 5.75 Å². The summed E-state index contributed by atoms with van der Waals surface area (Å²) in [7, 11) is 0. The van der Waals surface area contributed by atoms with E-state index in [0.29, 0.717) is 18.1 Å². The summed E-state index contributed by atoms with van der Waals surface area (Å²) < 4.78 is 6.77. The molecular weight excluding hydrogens is 326 g/mol. The van der Waals surface area contributed by atoms with Crippen LogP contribution in [-0.2, 0) is 0 Å².